The zero-order valence-electron chi connectivity index (χ0n) is 19.7. The van der Waals surface area contributed by atoms with Gasteiger partial charge in [-0.3, -0.25) is 10.00 Å². The number of ether oxygens (including phenoxy) is 1. The smallest absolute Gasteiger partial charge is 0.128 e. The number of benzene rings is 3. The molecule has 0 radical (unpaired) electrons. The first kappa shape index (κ1) is 23.3. The number of hydrogen-bond acceptors (Lipinski definition) is 5. The third-order valence-corrected chi connectivity index (χ3v) is 6.69. The number of rotatable bonds is 7. The number of nitrogens with one attached hydrogen (secondary N) is 1. The molecule has 5 rings (SSSR count). The predicted molar refractivity (Wildman–Crippen MR) is 141 cm³/mol. The van der Waals surface area contributed by atoms with E-state index < -0.39 is 0 Å². The Morgan fingerprint density at radius 2 is 1.77 bits per heavy atom. The van der Waals surface area contributed by atoms with Crippen molar-refractivity contribution in [2.45, 2.75) is 6.92 Å². The molecule has 35 heavy (non-hydrogen) atoms. The van der Waals surface area contributed by atoms with Gasteiger partial charge in [0.15, 0.2) is 0 Å². The van der Waals surface area contributed by atoms with E-state index in [1.54, 1.807) is 6.07 Å². The van der Waals surface area contributed by atoms with Crippen molar-refractivity contribution in [2.75, 3.05) is 44.2 Å². The highest BCUT2D eigenvalue weighted by molar-refractivity contribution is 6.30. The van der Waals surface area contributed by atoms with Crippen molar-refractivity contribution in [3.8, 4) is 33.9 Å². The van der Waals surface area contributed by atoms with Crippen molar-refractivity contribution in [3.05, 3.63) is 83.5 Å². The zero-order chi connectivity index (χ0) is 24.2. The lowest BCUT2D eigenvalue weighted by atomic mass is 9.99. The number of piperazine rings is 1. The van der Waals surface area contributed by atoms with Crippen LogP contribution in [0.2, 0.25) is 5.02 Å². The first-order valence-corrected chi connectivity index (χ1v) is 12.3. The molecular formula is C28H29ClN4O2. The Kier molecular flexibility index (Phi) is 6.93. The number of H-pyrrole nitrogens is 1. The lowest BCUT2D eigenvalue weighted by Gasteiger charge is -2.36. The van der Waals surface area contributed by atoms with Crippen LogP contribution in [-0.4, -0.2) is 59.5 Å². The lowest BCUT2D eigenvalue weighted by Crippen LogP contribution is -2.47. The summed E-state index contributed by atoms with van der Waals surface area (Å²) >= 11 is 6.14. The van der Waals surface area contributed by atoms with Gasteiger partial charge in [0.2, 0.25) is 0 Å². The summed E-state index contributed by atoms with van der Waals surface area (Å²) in [6.45, 7) is 7.25. The van der Waals surface area contributed by atoms with Crippen LogP contribution in [0.1, 0.15) is 5.69 Å². The molecule has 0 saturated carbocycles. The van der Waals surface area contributed by atoms with Crippen molar-refractivity contribution in [1.82, 2.24) is 15.1 Å². The second-order valence-corrected chi connectivity index (χ2v) is 9.21. The second kappa shape index (κ2) is 10.4. The minimum absolute atomic E-state index is 0.154. The number of aromatic nitrogens is 2. The van der Waals surface area contributed by atoms with Crippen molar-refractivity contribution in [3.63, 3.8) is 0 Å². The number of aryl methyl sites for hydroxylation is 1. The van der Waals surface area contributed by atoms with E-state index in [2.05, 4.69) is 26.1 Å². The van der Waals surface area contributed by atoms with Crippen molar-refractivity contribution in [1.29, 1.82) is 0 Å². The highest BCUT2D eigenvalue weighted by Crippen LogP contribution is 2.38. The summed E-state index contributed by atoms with van der Waals surface area (Å²) in [5.41, 5.74) is 5.59. The van der Waals surface area contributed by atoms with Crippen LogP contribution in [0.5, 0.6) is 11.5 Å². The molecule has 0 unspecified atom stereocenters. The number of hydrogen-bond donors (Lipinski definition) is 2. The van der Waals surface area contributed by atoms with E-state index >= 15 is 0 Å². The molecule has 1 fully saturated rings. The molecule has 0 bridgehead atoms. The Morgan fingerprint density at radius 1 is 0.971 bits per heavy atom. The van der Waals surface area contributed by atoms with Crippen LogP contribution in [0.15, 0.2) is 72.8 Å². The topological polar surface area (TPSA) is 64.6 Å². The van der Waals surface area contributed by atoms with E-state index in [0.29, 0.717) is 17.9 Å². The quantitative estimate of drug-likeness (QED) is 0.354. The number of halogens is 1. The van der Waals surface area contributed by atoms with E-state index in [-0.39, 0.29) is 5.75 Å². The fourth-order valence-electron chi connectivity index (χ4n) is 4.58. The molecule has 0 spiro atoms. The van der Waals surface area contributed by atoms with E-state index in [9.17, 15) is 5.11 Å². The van der Waals surface area contributed by atoms with Crippen LogP contribution in [0, 0.1) is 6.92 Å². The fraction of sp³-hybridized carbons (Fsp3) is 0.250. The number of phenolic OH excluding ortho intramolecular Hbond substituents is 1. The molecule has 0 atom stereocenters. The molecule has 1 aliphatic heterocycles. The largest absolute Gasteiger partial charge is 0.507 e. The maximum Gasteiger partial charge on any atom is 0.128 e. The minimum Gasteiger partial charge on any atom is -0.507 e. The number of aromatic amines is 1. The van der Waals surface area contributed by atoms with Gasteiger partial charge < -0.3 is 14.7 Å². The summed E-state index contributed by atoms with van der Waals surface area (Å²) in [6.07, 6.45) is 0. The number of phenols is 1. The molecule has 6 nitrogen and oxygen atoms in total. The third-order valence-electron chi connectivity index (χ3n) is 6.46. The molecular weight excluding hydrogens is 460 g/mol. The molecule has 180 valence electrons. The average Bonchev–Trinajstić information content (AvgIpc) is 3.26. The predicted octanol–water partition coefficient (Wildman–Crippen LogP) is 5.61. The standard InChI is InChI=1S/C28H29ClN4O2/c1-20-27(21-6-3-2-4-7-21)28(31-30-20)25-11-10-24(19-26(25)34)35-17-16-32-12-14-33(15-13-32)23-9-5-8-22(29)18-23/h2-11,18-19,34H,12-17H2,1H3,(H,30,31). The van der Waals surface area contributed by atoms with Gasteiger partial charge >= 0.3 is 0 Å². The van der Waals surface area contributed by atoms with Crippen LogP contribution < -0.4 is 9.64 Å². The normalized spacial score (nSPS) is 14.3. The van der Waals surface area contributed by atoms with Crippen LogP contribution in [-0.2, 0) is 0 Å². The van der Waals surface area contributed by atoms with Gasteiger partial charge in [0.25, 0.3) is 0 Å². The van der Waals surface area contributed by atoms with Gasteiger partial charge in [-0.15, -0.1) is 0 Å². The van der Waals surface area contributed by atoms with Gasteiger partial charge in [0.05, 0.1) is 0 Å². The van der Waals surface area contributed by atoms with Gasteiger partial charge in [-0.2, -0.15) is 5.10 Å². The molecule has 1 aromatic heterocycles. The summed E-state index contributed by atoms with van der Waals surface area (Å²) in [5, 5.41) is 19.1. The number of anilines is 1. The van der Waals surface area contributed by atoms with Gasteiger partial charge in [0.1, 0.15) is 23.8 Å². The highest BCUT2D eigenvalue weighted by atomic mass is 35.5. The van der Waals surface area contributed by atoms with Crippen molar-refractivity contribution in [2.24, 2.45) is 0 Å². The number of nitrogens with zero attached hydrogens (tertiary/aromatic N) is 3. The van der Waals surface area contributed by atoms with Gasteiger partial charge in [0, 0.05) is 66.3 Å². The molecule has 0 amide bonds. The molecule has 2 heterocycles. The zero-order valence-corrected chi connectivity index (χ0v) is 20.5. The molecule has 1 aliphatic rings. The second-order valence-electron chi connectivity index (χ2n) is 8.77. The maximum atomic E-state index is 10.8. The van der Waals surface area contributed by atoms with Crippen LogP contribution >= 0.6 is 11.6 Å². The number of aromatic hydroxyl groups is 1. The Labute approximate surface area is 210 Å². The van der Waals surface area contributed by atoms with Gasteiger partial charge in [-0.25, -0.2) is 0 Å². The summed E-state index contributed by atoms with van der Waals surface area (Å²) in [5.74, 6) is 0.804. The highest BCUT2D eigenvalue weighted by Gasteiger charge is 2.19. The molecule has 0 aliphatic carbocycles. The summed E-state index contributed by atoms with van der Waals surface area (Å²) in [6, 6.07) is 23.5. The molecule has 2 N–H and O–H groups in total. The van der Waals surface area contributed by atoms with E-state index in [0.717, 1.165) is 60.3 Å². The third kappa shape index (κ3) is 5.29. The fourth-order valence-corrected chi connectivity index (χ4v) is 4.76. The van der Waals surface area contributed by atoms with Crippen molar-refractivity contribution < 1.29 is 9.84 Å². The van der Waals surface area contributed by atoms with Gasteiger partial charge in [-0.05, 0) is 42.8 Å². The van der Waals surface area contributed by atoms with Crippen molar-refractivity contribution >= 4 is 17.3 Å². The lowest BCUT2D eigenvalue weighted by molar-refractivity contribution is 0.200. The monoisotopic (exact) mass is 488 g/mol. The summed E-state index contributed by atoms with van der Waals surface area (Å²) in [4.78, 5) is 4.76. The van der Waals surface area contributed by atoms with Crippen LogP contribution in [0.3, 0.4) is 0 Å². The van der Waals surface area contributed by atoms with Crippen LogP contribution in [0.25, 0.3) is 22.4 Å². The van der Waals surface area contributed by atoms with E-state index in [1.165, 1.54) is 5.69 Å². The first-order valence-electron chi connectivity index (χ1n) is 11.9. The minimum atomic E-state index is 0.154. The Morgan fingerprint density at radius 3 is 2.51 bits per heavy atom. The Hall–Kier alpha value is -3.48. The van der Waals surface area contributed by atoms with E-state index in [1.807, 2.05) is 67.6 Å². The molecule has 7 heteroatoms. The SMILES string of the molecule is Cc1[nH]nc(-c2ccc(OCCN3CCN(c4cccc(Cl)c4)CC3)cc2O)c1-c1ccccc1. The average molecular weight is 489 g/mol. The Bertz CT molecular complexity index is 1280. The van der Waals surface area contributed by atoms with E-state index in [4.69, 9.17) is 16.3 Å². The maximum absolute atomic E-state index is 10.8. The molecule has 4 aromatic rings. The van der Waals surface area contributed by atoms with Gasteiger partial charge in [-0.1, -0.05) is 48.0 Å². The van der Waals surface area contributed by atoms with Crippen LogP contribution in [0.4, 0.5) is 5.69 Å². The summed E-state index contributed by atoms with van der Waals surface area (Å²) < 4.78 is 5.97. The molecule has 1 saturated heterocycles. The first-order chi connectivity index (χ1) is 17.1. The molecule has 3 aromatic carbocycles. The Balaban J connectivity index is 1.18. The summed E-state index contributed by atoms with van der Waals surface area (Å²) in [7, 11) is 0.